The van der Waals surface area contributed by atoms with Crippen LogP contribution in [-0.4, -0.2) is 14.8 Å². The van der Waals surface area contributed by atoms with E-state index in [1.54, 1.807) is 24.0 Å². The quantitative estimate of drug-likeness (QED) is 0.771. The first kappa shape index (κ1) is 8.55. The predicted molar refractivity (Wildman–Crippen MR) is 53.1 cm³/mol. The van der Waals surface area contributed by atoms with Gasteiger partial charge in [0.2, 0.25) is 5.95 Å². The van der Waals surface area contributed by atoms with Crippen LogP contribution < -0.4 is 5.73 Å². The minimum Gasteiger partial charge on any atom is -0.465 e. The van der Waals surface area contributed by atoms with Gasteiger partial charge in [0.25, 0.3) is 0 Å². The standard InChI is InChI=1S/C9H10N4O/c1-13-8(11-12-9(13)10)5-4-7-3-2-6-14-7/h2-6H,1H3,(H2,10,12)/b5-4+. The van der Waals surface area contributed by atoms with Gasteiger partial charge >= 0.3 is 0 Å². The Hall–Kier alpha value is -2.04. The molecule has 2 aromatic rings. The van der Waals surface area contributed by atoms with Crippen molar-refractivity contribution < 1.29 is 4.42 Å². The van der Waals surface area contributed by atoms with Crippen LogP contribution in [0.4, 0.5) is 5.95 Å². The second-order valence-corrected chi connectivity index (χ2v) is 2.82. The molecule has 0 radical (unpaired) electrons. The summed E-state index contributed by atoms with van der Waals surface area (Å²) in [5, 5.41) is 7.60. The van der Waals surface area contributed by atoms with Gasteiger partial charge < -0.3 is 10.2 Å². The van der Waals surface area contributed by atoms with E-state index >= 15 is 0 Å². The van der Waals surface area contributed by atoms with Gasteiger partial charge in [-0.1, -0.05) is 0 Å². The molecular weight excluding hydrogens is 180 g/mol. The van der Waals surface area contributed by atoms with Crippen LogP contribution in [0.15, 0.2) is 22.8 Å². The number of hydrogen-bond acceptors (Lipinski definition) is 4. The number of nitrogens with zero attached hydrogens (tertiary/aromatic N) is 3. The summed E-state index contributed by atoms with van der Waals surface area (Å²) >= 11 is 0. The number of nitrogen functional groups attached to an aromatic ring is 1. The van der Waals surface area contributed by atoms with Crippen LogP contribution in [0.3, 0.4) is 0 Å². The number of aromatic nitrogens is 3. The zero-order chi connectivity index (χ0) is 9.97. The molecule has 0 unspecified atom stereocenters. The summed E-state index contributed by atoms with van der Waals surface area (Å²) in [5.74, 6) is 1.86. The highest BCUT2D eigenvalue weighted by Gasteiger charge is 2.00. The maximum atomic E-state index is 5.52. The van der Waals surface area contributed by atoms with E-state index < -0.39 is 0 Å². The minimum atomic E-state index is 0.393. The summed E-state index contributed by atoms with van der Waals surface area (Å²) < 4.78 is 6.82. The fourth-order valence-electron chi connectivity index (χ4n) is 1.04. The molecule has 5 nitrogen and oxygen atoms in total. The van der Waals surface area contributed by atoms with Crippen molar-refractivity contribution in [2.75, 3.05) is 5.73 Å². The molecule has 0 aliphatic carbocycles. The second kappa shape index (κ2) is 3.37. The fraction of sp³-hybridized carbons (Fsp3) is 0.111. The van der Waals surface area contributed by atoms with Crippen molar-refractivity contribution in [3.8, 4) is 0 Å². The Balaban J connectivity index is 2.23. The van der Waals surface area contributed by atoms with E-state index in [0.717, 1.165) is 5.76 Å². The molecule has 0 atom stereocenters. The van der Waals surface area contributed by atoms with Crippen LogP contribution in [-0.2, 0) is 7.05 Å². The first-order valence-electron chi connectivity index (χ1n) is 4.14. The first-order valence-corrected chi connectivity index (χ1v) is 4.14. The van der Waals surface area contributed by atoms with Gasteiger partial charge in [-0.3, -0.25) is 4.57 Å². The molecule has 0 saturated carbocycles. The Morgan fingerprint density at radius 2 is 2.29 bits per heavy atom. The molecule has 0 aliphatic heterocycles. The number of rotatable bonds is 2. The van der Waals surface area contributed by atoms with Crippen LogP contribution >= 0.6 is 0 Å². The molecule has 2 aromatic heterocycles. The molecule has 0 saturated heterocycles. The Morgan fingerprint density at radius 3 is 2.86 bits per heavy atom. The van der Waals surface area contributed by atoms with E-state index in [4.69, 9.17) is 10.2 Å². The van der Waals surface area contributed by atoms with Crippen LogP contribution in [0.2, 0.25) is 0 Å². The van der Waals surface area contributed by atoms with Gasteiger partial charge in [0, 0.05) is 7.05 Å². The molecule has 0 amide bonds. The van der Waals surface area contributed by atoms with Crippen molar-refractivity contribution in [3.05, 3.63) is 30.0 Å². The van der Waals surface area contributed by atoms with Crippen LogP contribution in [0, 0.1) is 0 Å². The van der Waals surface area contributed by atoms with Crippen molar-refractivity contribution in [2.24, 2.45) is 7.05 Å². The number of nitrogens with two attached hydrogens (primary N) is 1. The predicted octanol–water partition coefficient (Wildman–Crippen LogP) is 1.16. The molecule has 5 heteroatoms. The van der Waals surface area contributed by atoms with Crippen LogP contribution in [0.1, 0.15) is 11.6 Å². The number of anilines is 1. The lowest BCUT2D eigenvalue weighted by Gasteiger charge is -1.93. The first-order chi connectivity index (χ1) is 6.77. The van der Waals surface area contributed by atoms with E-state index in [9.17, 15) is 0 Å². The van der Waals surface area contributed by atoms with Gasteiger partial charge in [0.05, 0.1) is 6.26 Å². The van der Waals surface area contributed by atoms with E-state index in [0.29, 0.717) is 11.8 Å². The third-order valence-electron chi connectivity index (χ3n) is 1.88. The Kier molecular flexibility index (Phi) is 2.06. The molecule has 0 aliphatic rings. The van der Waals surface area contributed by atoms with Crippen molar-refractivity contribution in [1.29, 1.82) is 0 Å². The lowest BCUT2D eigenvalue weighted by Crippen LogP contribution is -1.98. The van der Waals surface area contributed by atoms with E-state index in [-0.39, 0.29) is 0 Å². The molecule has 14 heavy (non-hydrogen) atoms. The van der Waals surface area contributed by atoms with Crippen molar-refractivity contribution in [1.82, 2.24) is 14.8 Å². The average molecular weight is 190 g/mol. The van der Waals surface area contributed by atoms with Crippen molar-refractivity contribution in [3.63, 3.8) is 0 Å². The topological polar surface area (TPSA) is 69.9 Å². The van der Waals surface area contributed by atoms with Crippen LogP contribution in [0.5, 0.6) is 0 Å². The Morgan fingerprint density at radius 1 is 1.43 bits per heavy atom. The largest absolute Gasteiger partial charge is 0.465 e. The Labute approximate surface area is 80.9 Å². The molecule has 2 N–H and O–H groups in total. The lowest BCUT2D eigenvalue weighted by atomic mass is 10.4. The van der Waals surface area contributed by atoms with Gasteiger partial charge in [-0.05, 0) is 24.3 Å². The number of furan rings is 1. The van der Waals surface area contributed by atoms with E-state index in [2.05, 4.69) is 10.2 Å². The highest BCUT2D eigenvalue weighted by molar-refractivity contribution is 5.64. The molecule has 0 aromatic carbocycles. The van der Waals surface area contributed by atoms with Gasteiger partial charge in [0.1, 0.15) is 5.76 Å². The zero-order valence-electron chi connectivity index (χ0n) is 7.71. The van der Waals surface area contributed by atoms with Crippen LogP contribution in [0.25, 0.3) is 12.2 Å². The van der Waals surface area contributed by atoms with Gasteiger partial charge in [0.15, 0.2) is 5.82 Å². The molecular formula is C9H10N4O. The molecule has 0 fully saturated rings. The zero-order valence-corrected chi connectivity index (χ0v) is 7.71. The van der Waals surface area contributed by atoms with Crippen molar-refractivity contribution >= 4 is 18.1 Å². The third-order valence-corrected chi connectivity index (χ3v) is 1.88. The summed E-state index contributed by atoms with van der Waals surface area (Å²) in [6.07, 6.45) is 5.22. The minimum absolute atomic E-state index is 0.393. The fourth-order valence-corrected chi connectivity index (χ4v) is 1.04. The van der Waals surface area contributed by atoms with Gasteiger partial charge in [-0.15, -0.1) is 10.2 Å². The van der Waals surface area contributed by atoms with E-state index in [1.165, 1.54) is 0 Å². The Bertz CT molecular complexity index is 441. The summed E-state index contributed by atoms with van der Waals surface area (Å²) in [4.78, 5) is 0. The van der Waals surface area contributed by atoms with E-state index in [1.807, 2.05) is 18.2 Å². The molecule has 72 valence electrons. The summed E-state index contributed by atoms with van der Waals surface area (Å²) in [7, 11) is 1.80. The third kappa shape index (κ3) is 1.52. The molecule has 0 bridgehead atoms. The average Bonchev–Trinajstić information content (AvgIpc) is 2.77. The summed E-state index contributed by atoms with van der Waals surface area (Å²) in [6.45, 7) is 0. The lowest BCUT2D eigenvalue weighted by molar-refractivity contribution is 0.557. The molecule has 0 spiro atoms. The second-order valence-electron chi connectivity index (χ2n) is 2.82. The molecule has 2 rings (SSSR count). The van der Waals surface area contributed by atoms with Gasteiger partial charge in [-0.25, -0.2) is 0 Å². The summed E-state index contributed by atoms with van der Waals surface area (Å²) in [5.41, 5.74) is 5.52. The SMILES string of the molecule is Cn1c(N)nnc1/C=C/c1ccco1. The monoisotopic (exact) mass is 190 g/mol. The number of hydrogen-bond donors (Lipinski definition) is 1. The summed E-state index contributed by atoms with van der Waals surface area (Å²) in [6, 6.07) is 3.68. The normalized spacial score (nSPS) is 11.2. The maximum Gasteiger partial charge on any atom is 0.221 e. The smallest absolute Gasteiger partial charge is 0.221 e. The van der Waals surface area contributed by atoms with Gasteiger partial charge in [-0.2, -0.15) is 0 Å². The maximum absolute atomic E-state index is 5.52. The highest BCUT2D eigenvalue weighted by Crippen LogP contribution is 2.07. The molecule has 2 heterocycles. The highest BCUT2D eigenvalue weighted by atomic mass is 16.3. The van der Waals surface area contributed by atoms with Crippen molar-refractivity contribution in [2.45, 2.75) is 0 Å².